The maximum Gasteiger partial charge on any atom is 0.225 e. The molecule has 0 bridgehead atoms. The van der Waals surface area contributed by atoms with Gasteiger partial charge < -0.3 is 5.32 Å². The van der Waals surface area contributed by atoms with E-state index in [0.717, 1.165) is 17.7 Å². The molecule has 0 aliphatic carbocycles. The fourth-order valence-corrected chi connectivity index (χ4v) is 2.70. The summed E-state index contributed by atoms with van der Waals surface area (Å²) < 4.78 is 0. The van der Waals surface area contributed by atoms with Gasteiger partial charge in [-0.2, -0.15) is 0 Å². The quantitative estimate of drug-likeness (QED) is 0.886. The molecule has 1 heterocycles. The molecule has 0 saturated carbocycles. The molecule has 4 heteroatoms. The molecule has 90 valence electrons. The molecule has 1 fully saturated rings. The molecule has 3 nitrogen and oxygen atoms in total. The molecule has 1 aliphatic rings. The van der Waals surface area contributed by atoms with E-state index < -0.39 is 0 Å². The topological polar surface area (TPSA) is 46.2 Å². The van der Waals surface area contributed by atoms with Gasteiger partial charge >= 0.3 is 0 Å². The number of nitrogens with one attached hydrogen (secondary N) is 1. The van der Waals surface area contributed by atoms with Crippen LogP contribution in [-0.2, 0) is 16.0 Å². The molecule has 1 aromatic rings. The van der Waals surface area contributed by atoms with Crippen molar-refractivity contribution < 1.29 is 9.59 Å². The third-order valence-electron chi connectivity index (χ3n) is 2.76. The maximum atomic E-state index is 11.7. The SMILES string of the molecule is Cc1ccc(CC(=O)N[C@H]2CCSC2=O)cc1. The minimum atomic E-state index is -0.280. The van der Waals surface area contributed by atoms with Crippen molar-refractivity contribution in [1.82, 2.24) is 5.32 Å². The van der Waals surface area contributed by atoms with Gasteiger partial charge in [0.1, 0.15) is 0 Å². The van der Waals surface area contributed by atoms with Gasteiger partial charge in [0.05, 0.1) is 12.5 Å². The van der Waals surface area contributed by atoms with Crippen LogP contribution in [0, 0.1) is 6.92 Å². The average molecular weight is 249 g/mol. The summed E-state index contributed by atoms with van der Waals surface area (Å²) in [5.74, 6) is 0.739. The molecule has 1 aromatic carbocycles. The normalized spacial score (nSPS) is 19.4. The zero-order valence-corrected chi connectivity index (χ0v) is 10.5. The molecule has 2 rings (SSSR count). The van der Waals surface area contributed by atoms with Crippen LogP contribution in [0.1, 0.15) is 17.5 Å². The summed E-state index contributed by atoms with van der Waals surface area (Å²) in [6, 6.07) is 7.58. The number of amides is 1. The molecular weight excluding hydrogens is 234 g/mol. The molecule has 0 radical (unpaired) electrons. The molecular formula is C13H15NO2S. The van der Waals surface area contributed by atoms with Crippen LogP contribution in [0.5, 0.6) is 0 Å². The second kappa shape index (κ2) is 5.36. The Kier molecular flexibility index (Phi) is 3.84. The number of thioether (sulfide) groups is 1. The maximum absolute atomic E-state index is 11.7. The van der Waals surface area contributed by atoms with Crippen LogP contribution in [0.3, 0.4) is 0 Å². The Morgan fingerprint density at radius 3 is 2.71 bits per heavy atom. The first-order valence-electron chi connectivity index (χ1n) is 5.67. The molecule has 0 spiro atoms. The van der Waals surface area contributed by atoms with E-state index in [-0.39, 0.29) is 17.1 Å². The summed E-state index contributed by atoms with van der Waals surface area (Å²) in [6.45, 7) is 2.01. The number of hydrogen-bond acceptors (Lipinski definition) is 3. The molecule has 0 unspecified atom stereocenters. The number of carbonyl (C=O) groups excluding carboxylic acids is 2. The van der Waals surface area contributed by atoms with Gasteiger partial charge in [0, 0.05) is 5.75 Å². The monoisotopic (exact) mass is 249 g/mol. The minimum absolute atomic E-state index is 0.0743. The lowest BCUT2D eigenvalue weighted by atomic mass is 10.1. The standard InChI is InChI=1S/C13H15NO2S/c1-9-2-4-10(5-3-9)8-12(15)14-11-6-7-17-13(11)16/h2-5,11H,6-8H2,1H3,(H,14,15)/t11-/m0/s1. The number of hydrogen-bond donors (Lipinski definition) is 1. The van der Waals surface area contributed by atoms with Crippen molar-refractivity contribution in [2.24, 2.45) is 0 Å². The summed E-state index contributed by atoms with van der Waals surface area (Å²) in [7, 11) is 0. The summed E-state index contributed by atoms with van der Waals surface area (Å²) in [5.41, 5.74) is 2.16. The summed E-state index contributed by atoms with van der Waals surface area (Å²) in [4.78, 5) is 23.1. The van der Waals surface area contributed by atoms with Crippen molar-refractivity contribution in [2.45, 2.75) is 25.8 Å². The lowest BCUT2D eigenvalue weighted by Crippen LogP contribution is -2.38. The Morgan fingerprint density at radius 2 is 2.12 bits per heavy atom. The van der Waals surface area contributed by atoms with E-state index in [2.05, 4.69) is 5.32 Å². The second-order valence-corrected chi connectivity index (χ2v) is 5.34. The zero-order chi connectivity index (χ0) is 12.3. The van der Waals surface area contributed by atoms with Crippen molar-refractivity contribution in [1.29, 1.82) is 0 Å². The van der Waals surface area contributed by atoms with E-state index in [1.54, 1.807) is 0 Å². The Hall–Kier alpha value is -1.29. The first kappa shape index (κ1) is 12.2. The van der Waals surface area contributed by atoms with Crippen LogP contribution >= 0.6 is 11.8 Å². The summed E-state index contributed by atoms with van der Waals surface area (Å²) in [5, 5.41) is 2.87. The Morgan fingerprint density at radius 1 is 1.41 bits per heavy atom. The highest BCUT2D eigenvalue weighted by atomic mass is 32.2. The van der Waals surface area contributed by atoms with E-state index in [9.17, 15) is 9.59 Å². The number of aryl methyl sites for hydroxylation is 1. The average Bonchev–Trinajstić information content (AvgIpc) is 2.68. The largest absolute Gasteiger partial charge is 0.345 e. The van der Waals surface area contributed by atoms with Crippen molar-refractivity contribution in [3.63, 3.8) is 0 Å². The molecule has 0 aromatic heterocycles. The van der Waals surface area contributed by atoms with Crippen LogP contribution in [0.4, 0.5) is 0 Å². The van der Waals surface area contributed by atoms with Crippen molar-refractivity contribution in [3.8, 4) is 0 Å². The minimum Gasteiger partial charge on any atom is -0.345 e. The van der Waals surface area contributed by atoms with Gasteiger partial charge in [-0.25, -0.2) is 0 Å². The number of benzene rings is 1. The van der Waals surface area contributed by atoms with Crippen LogP contribution in [0.2, 0.25) is 0 Å². The first-order valence-corrected chi connectivity index (χ1v) is 6.65. The van der Waals surface area contributed by atoms with Crippen LogP contribution < -0.4 is 5.32 Å². The van der Waals surface area contributed by atoms with E-state index >= 15 is 0 Å². The fraction of sp³-hybridized carbons (Fsp3) is 0.385. The van der Waals surface area contributed by atoms with Gasteiger partial charge in [-0.05, 0) is 18.9 Å². The van der Waals surface area contributed by atoms with E-state index in [0.29, 0.717) is 6.42 Å². The van der Waals surface area contributed by atoms with Gasteiger partial charge in [0.25, 0.3) is 0 Å². The lowest BCUT2D eigenvalue weighted by Gasteiger charge is -2.10. The van der Waals surface area contributed by atoms with Crippen LogP contribution in [0.15, 0.2) is 24.3 Å². The Balaban J connectivity index is 1.88. The highest BCUT2D eigenvalue weighted by molar-refractivity contribution is 8.14. The van der Waals surface area contributed by atoms with Gasteiger partial charge in [0.15, 0.2) is 0 Å². The third-order valence-corrected chi connectivity index (χ3v) is 3.76. The Bertz CT molecular complexity index is 428. The van der Waals surface area contributed by atoms with Gasteiger partial charge in [0.2, 0.25) is 11.0 Å². The predicted octanol–water partition coefficient (Wildman–Crippen LogP) is 1.69. The Labute approximate surface area is 105 Å². The van der Waals surface area contributed by atoms with E-state index in [1.165, 1.54) is 17.3 Å². The smallest absolute Gasteiger partial charge is 0.225 e. The van der Waals surface area contributed by atoms with Gasteiger partial charge in [-0.15, -0.1) is 0 Å². The van der Waals surface area contributed by atoms with E-state index in [1.807, 2.05) is 31.2 Å². The molecule has 17 heavy (non-hydrogen) atoms. The summed E-state index contributed by atoms with van der Waals surface area (Å²) >= 11 is 1.30. The van der Waals surface area contributed by atoms with Crippen molar-refractivity contribution in [2.75, 3.05) is 5.75 Å². The van der Waals surface area contributed by atoms with Gasteiger partial charge in [-0.1, -0.05) is 41.6 Å². The highest BCUT2D eigenvalue weighted by Gasteiger charge is 2.26. The highest BCUT2D eigenvalue weighted by Crippen LogP contribution is 2.19. The first-order chi connectivity index (χ1) is 8.15. The molecule has 1 amide bonds. The third kappa shape index (κ3) is 3.33. The van der Waals surface area contributed by atoms with Gasteiger partial charge in [-0.3, -0.25) is 9.59 Å². The zero-order valence-electron chi connectivity index (χ0n) is 9.73. The van der Waals surface area contributed by atoms with Crippen LogP contribution in [-0.4, -0.2) is 22.8 Å². The summed E-state index contributed by atoms with van der Waals surface area (Å²) in [6.07, 6.45) is 1.10. The van der Waals surface area contributed by atoms with Crippen LogP contribution in [0.25, 0.3) is 0 Å². The van der Waals surface area contributed by atoms with E-state index in [4.69, 9.17) is 0 Å². The number of rotatable bonds is 3. The van der Waals surface area contributed by atoms with Crippen molar-refractivity contribution in [3.05, 3.63) is 35.4 Å². The molecule has 1 aliphatic heterocycles. The molecule has 1 atom stereocenters. The number of carbonyl (C=O) groups is 2. The fourth-order valence-electron chi connectivity index (χ4n) is 1.76. The second-order valence-electron chi connectivity index (χ2n) is 4.24. The predicted molar refractivity (Wildman–Crippen MR) is 68.9 cm³/mol. The molecule has 1 N–H and O–H groups in total. The van der Waals surface area contributed by atoms with Crippen molar-refractivity contribution >= 4 is 22.8 Å². The molecule has 1 saturated heterocycles. The lowest BCUT2D eigenvalue weighted by molar-refractivity contribution is -0.124.